The summed E-state index contributed by atoms with van der Waals surface area (Å²) in [5, 5.41) is 5.14. The molecule has 0 aliphatic carbocycles. The fourth-order valence-corrected chi connectivity index (χ4v) is 5.09. The molecule has 0 radical (unpaired) electrons. The zero-order valence-electron chi connectivity index (χ0n) is 18.8. The molecule has 0 spiro atoms. The summed E-state index contributed by atoms with van der Waals surface area (Å²) < 4.78 is 39.7. The molecule has 0 amide bonds. The summed E-state index contributed by atoms with van der Waals surface area (Å²) in [7, 11) is 0. The van der Waals surface area contributed by atoms with Gasteiger partial charge in [0.15, 0.2) is 0 Å². The molecule has 0 aliphatic rings. The van der Waals surface area contributed by atoms with Gasteiger partial charge in [-0.1, -0.05) is 78.3 Å². The summed E-state index contributed by atoms with van der Waals surface area (Å²) in [4.78, 5) is 3.47. The van der Waals surface area contributed by atoms with E-state index in [4.69, 9.17) is 11.6 Å². The first-order valence-corrected chi connectivity index (χ1v) is 11.5. The van der Waals surface area contributed by atoms with Crippen molar-refractivity contribution in [1.29, 1.82) is 0 Å². The van der Waals surface area contributed by atoms with E-state index >= 15 is 0 Å². The Morgan fingerprint density at radius 1 is 0.714 bits per heavy atom. The zero-order valence-corrected chi connectivity index (χ0v) is 19.6. The van der Waals surface area contributed by atoms with Crippen LogP contribution in [0.1, 0.15) is 27.9 Å². The van der Waals surface area contributed by atoms with Gasteiger partial charge in [0.2, 0.25) is 0 Å². The van der Waals surface area contributed by atoms with Crippen LogP contribution in [-0.2, 0) is 11.7 Å². The highest BCUT2D eigenvalue weighted by atomic mass is 35.5. The Morgan fingerprint density at radius 3 is 2.03 bits per heavy atom. The number of hydrogen-bond donors (Lipinski definition) is 2. The lowest BCUT2D eigenvalue weighted by Crippen LogP contribution is -2.39. The highest BCUT2D eigenvalue weighted by Crippen LogP contribution is 2.47. The molecule has 5 aromatic rings. The van der Waals surface area contributed by atoms with Crippen molar-refractivity contribution >= 4 is 28.2 Å². The Bertz CT molecular complexity index is 1470. The third-order valence-corrected chi connectivity index (χ3v) is 6.63. The van der Waals surface area contributed by atoms with Crippen LogP contribution in [0.15, 0.2) is 103 Å². The largest absolute Gasteiger partial charge is 0.416 e. The molecule has 4 aromatic carbocycles. The number of H-pyrrole nitrogens is 1. The van der Waals surface area contributed by atoms with Crippen molar-refractivity contribution < 1.29 is 13.2 Å². The summed E-state index contributed by atoms with van der Waals surface area (Å²) in [6.07, 6.45) is -4.41. The van der Waals surface area contributed by atoms with E-state index in [0.29, 0.717) is 10.7 Å². The second kappa shape index (κ2) is 8.82. The minimum atomic E-state index is -4.41. The van der Waals surface area contributed by atoms with Gasteiger partial charge >= 0.3 is 6.18 Å². The smallest absolute Gasteiger partial charge is 0.368 e. The number of benzene rings is 4. The van der Waals surface area contributed by atoms with Crippen LogP contribution in [0.4, 0.5) is 18.9 Å². The van der Waals surface area contributed by atoms with Crippen LogP contribution in [-0.4, -0.2) is 4.98 Å². The number of fused-ring (bicyclic) bond motifs is 1. The summed E-state index contributed by atoms with van der Waals surface area (Å²) in [5.41, 5.74) is 3.37. The van der Waals surface area contributed by atoms with Crippen LogP contribution < -0.4 is 5.32 Å². The fraction of sp³-hybridized carbons (Fsp3) is 0.103. The number of hydrogen-bond acceptors (Lipinski definition) is 1. The molecule has 0 saturated carbocycles. The van der Waals surface area contributed by atoms with Gasteiger partial charge in [0.25, 0.3) is 0 Å². The van der Waals surface area contributed by atoms with Gasteiger partial charge in [-0.3, -0.25) is 0 Å². The molecule has 35 heavy (non-hydrogen) atoms. The van der Waals surface area contributed by atoms with Gasteiger partial charge in [0.1, 0.15) is 5.54 Å². The van der Waals surface area contributed by atoms with Gasteiger partial charge in [-0.2, -0.15) is 13.2 Å². The third kappa shape index (κ3) is 4.06. The molecule has 5 rings (SSSR count). The van der Waals surface area contributed by atoms with Gasteiger partial charge in [-0.15, -0.1) is 0 Å². The van der Waals surface area contributed by atoms with Crippen LogP contribution in [0.5, 0.6) is 0 Å². The van der Waals surface area contributed by atoms with Crippen LogP contribution in [0.3, 0.4) is 0 Å². The van der Waals surface area contributed by atoms with E-state index in [0.717, 1.165) is 45.4 Å². The van der Waals surface area contributed by atoms with E-state index < -0.39 is 17.3 Å². The first-order valence-electron chi connectivity index (χ1n) is 11.1. The Morgan fingerprint density at radius 2 is 1.34 bits per heavy atom. The van der Waals surface area contributed by atoms with E-state index in [-0.39, 0.29) is 0 Å². The molecule has 176 valence electrons. The monoisotopic (exact) mass is 490 g/mol. The summed E-state index contributed by atoms with van der Waals surface area (Å²) in [6.45, 7) is 2.00. The Balaban J connectivity index is 1.84. The average molecular weight is 491 g/mol. The molecule has 2 nitrogen and oxygen atoms in total. The Labute approximate surface area is 206 Å². The lowest BCUT2D eigenvalue weighted by Gasteiger charge is -2.38. The summed E-state index contributed by atoms with van der Waals surface area (Å²) in [5.74, 6) is 0. The molecule has 0 bridgehead atoms. The van der Waals surface area contributed by atoms with E-state index in [1.54, 1.807) is 0 Å². The second-order valence-electron chi connectivity index (χ2n) is 8.47. The fourth-order valence-electron chi connectivity index (χ4n) is 4.81. The molecule has 6 heteroatoms. The molecule has 0 saturated heterocycles. The number of alkyl halides is 3. The topological polar surface area (TPSA) is 27.8 Å². The summed E-state index contributed by atoms with van der Waals surface area (Å²) in [6, 6.07) is 30.5. The average Bonchev–Trinajstić information content (AvgIpc) is 3.19. The van der Waals surface area contributed by atoms with Crippen molar-refractivity contribution in [3.05, 3.63) is 136 Å². The number of anilines is 1. The zero-order chi connectivity index (χ0) is 24.6. The van der Waals surface area contributed by atoms with Gasteiger partial charge in [-0.05, 0) is 48.9 Å². The van der Waals surface area contributed by atoms with E-state index in [1.165, 1.54) is 12.1 Å². The Kier molecular flexibility index (Phi) is 5.81. The van der Waals surface area contributed by atoms with Crippen molar-refractivity contribution in [2.75, 3.05) is 5.32 Å². The SMILES string of the molecule is Cc1[nH]c2ccccc2c1C(Nc1ccc(C(F)(F)F)cc1)(c1ccccc1)c1ccccc1Cl. The maximum Gasteiger partial charge on any atom is 0.416 e. The van der Waals surface area contributed by atoms with Gasteiger partial charge in [0, 0.05) is 38.4 Å². The standard InChI is InChI=1S/C29H22ClF3N2/c1-19-27(23-11-5-8-14-26(23)34-19)28(20-9-3-2-4-10-20,24-12-6-7-13-25(24)30)35-22-17-15-21(16-18-22)29(31,32)33/h2-18,34-35H,1H3. The maximum atomic E-state index is 13.2. The molecule has 1 aromatic heterocycles. The summed E-state index contributed by atoms with van der Waals surface area (Å²) >= 11 is 6.83. The molecular weight excluding hydrogens is 469 g/mol. The molecule has 1 atom stereocenters. The van der Waals surface area contributed by atoms with Crippen molar-refractivity contribution in [3.63, 3.8) is 0 Å². The van der Waals surface area contributed by atoms with E-state index in [2.05, 4.69) is 10.3 Å². The number of para-hydroxylation sites is 1. The first kappa shape index (κ1) is 23.1. The van der Waals surface area contributed by atoms with Crippen LogP contribution in [0, 0.1) is 6.92 Å². The molecule has 0 fully saturated rings. The number of rotatable bonds is 5. The minimum Gasteiger partial charge on any atom is -0.368 e. The quantitative estimate of drug-likeness (QED) is 0.254. The van der Waals surface area contributed by atoms with Crippen molar-refractivity contribution in [1.82, 2.24) is 4.98 Å². The van der Waals surface area contributed by atoms with Gasteiger partial charge in [-0.25, -0.2) is 0 Å². The highest BCUT2D eigenvalue weighted by Gasteiger charge is 2.41. The van der Waals surface area contributed by atoms with Crippen molar-refractivity contribution in [2.24, 2.45) is 0 Å². The second-order valence-corrected chi connectivity index (χ2v) is 8.87. The normalized spacial score (nSPS) is 13.5. The van der Waals surface area contributed by atoms with Crippen molar-refractivity contribution in [2.45, 2.75) is 18.6 Å². The lowest BCUT2D eigenvalue weighted by molar-refractivity contribution is -0.137. The first-order chi connectivity index (χ1) is 16.8. The molecule has 1 unspecified atom stereocenters. The number of aryl methyl sites for hydroxylation is 1. The predicted molar refractivity (Wildman–Crippen MR) is 136 cm³/mol. The third-order valence-electron chi connectivity index (χ3n) is 6.30. The minimum absolute atomic E-state index is 0.534. The number of halogens is 4. The molecular formula is C29H22ClF3N2. The predicted octanol–water partition coefficient (Wildman–Crippen LogP) is 8.55. The maximum absolute atomic E-state index is 13.2. The molecule has 2 N–H and O–H groups in total. The number of aromatic nitrogens is 1. The molecule has 0 aliphatic heterocycles. The van der Waals surface area contributed by atoms with Gasteiger partial charge < -0.3 is 10.3 Å². The van der Waals surface area contributed by atoms with E-state index in [1.807, 2.05) is 85.8 Å². The van der Waals surface area contributed by atoms with E-state index in [9.17, 15) is 13.2 Å². The van der Waals surface area contributed by atoms with Crippen LogP contribution in [0.2, 0.25) is 5.02 Å². The Hall–Kier alpha value is -3.70. The van der Waals surface area contributed by atoms with Crippen LogP contribution >= 0.6 is 11.6 Å². The molecule has 1 heterocycles. The number of aromatic amines is 1. The lowest BCUT2D eigenvalue weighted by atomic mass is 9.75. The number of nitrogens with one attached hydrogen (secondary N) is 2. The van der Waals surface area contributed by atoms with Gasteiger partial charge in [0.05, 0.1) is 5.56 Å². The van der Waals surface area contributed by atoms with Crippen molar-refractivity contribution in [3.8, 4) is 0 Å². The highest BCUT2D eigenvalue weighted by molar-refractivity contribution is 6.31. The van der Waals surface area contributed by atoms with Crippen LogP contribution in [0.25, 0.3) is 10.9 Å².